The predicted molar refractivity (Wildman–Crippen MR) is 135 cm³/mol. The van der Waals surface area contributed by atoms with Gasteiger partial charge >= 0.3 is 5.69 Å². The first-order valence-electron chi connectivity index (χ1n) is 10.5. The smallest absolute Gasteiger partial charge is 0.311 e. The van der Waals surface area contributed by atoms with Gasteiger partial charge in [0.15, 0.2) is 15.6 Å². The first-order valence-corrected chi connectivity index (χ1v) is 13.0. The van der Waals surface area contributed by atoms with E-state index < -0.39 is 20.7 Å². The van der Waals surface area contributed by atoms with E-state index in [0.717, 1.165) is 16.7 Å². The number of nitrogens with one attached hydrogen (secondary N) is 1. The Bertz CT molecular complexity index is 1480. The van der Waals surface area contributed by atoms with E-state index in [1.54, 1.807) is 18.2 Å². The third-order valence-corrected chi connectivity index (χ3v) is 8.42. The van der Waals surface area contributed by atoms with Crippen molar-refractivity contribution in [3.05, 3.63) is 91.9 Å². The van der Waals surface area contributed by atoms with Crippen LogP contribution in [0.5, 0.6) is 5.75 Å². The summed E-state index contributed by atoms with van der Waals surface area (Å²) in [6.07, 6.45) is 1.54. The van der Waals surface area contributed by atoms with Crippen LogP contribution in [0.2, 0.25) is 0 Å². The molecule has 3 aromatic carbocycles. The molecule has 0 fully saturated rings. The third-order valence-electron chi connectivity index (χ3n) is 5.68. The molecule has 0 saturated heterocycles. The molecule has 0 unspecified atom stereocenters. The Morgan fingerprint density at radius 3 is 2.46 bits per heavy atom. The van der Waals surface area contributed by atoms with E-state index >= 15 is 0 Å². The normalized spacial score (nSPS) is 14.4. The van der Waals surface area contributed by atoms with E-state index in [-0.39, 0.29) is 22.1 Å². The van der Waals surface area contributed by atoms with Gasteiger partial charge in [0.25, 0.3) is 5.91 Å². The summed E-state index contributed by atoms with van der Waals surface area (Å²) < 4.78 is 31.3. The van der Waals surface area contributed by atoms with E-state index in [4.69, 9.17) is 4.74 Å². The third kappa shape index (κ3) is 5.08. The van der Waals surface area contributed by atoms with Crippen molar-refractivity contribution >= 4 is 45.0 Å². The number of amides is 1. The zero-order valence-corrected chi connectivity index (χ0v) is 20.8. The minimum Gasteiger partial charge on any atom is -0.490 e. The van der Waals surface area contributed by atoms with E-state index in [2.05, 4.69) is 5.32 Å². The zero-order chi connectivity index (χ0) is 25.3. The molecule has 8 nitrogen and oxygen atoms in total. The average Bonchev–Trinajstić information content (AvgIpc) is 2.81. The van der Waals surface area contributed by atoms with Gasteiger partial charge in [-0.1, -0.05) is 36.0 Å². The Labute approximate surface area is 207 Å². The van der Waals surface area contributed by atoms with Crippen molar-refractivity contribution in [1.29, 1.82) is 0 Å². The molecule has 1 aliphatic heterocycles. The number of thioether (sulfide) groups is 1. The number of hydrogen-bond donors (Lipinski definition) is 1. The first kappa shape index (κ1) is 24.5. The Hall–Kier alpha value is -3.63. The number of aryl methyl sites for hydroxylation is 2. The lowest BCUT2D eigenvalue weighted by Crippen LogP contribution is -2.18. The van der Waals surface area contributed by atoms with Gasteiger partial charge < -0.3 is 10.1 Å². The summed E-state index contributed by atoms with van der Waals surface area (Å²) in [7, 11) is -2.30. The molecule has 4 rings (SSSR count). The summed E-state index contributed by atoms with van der Waals surface area (Å²) in [4.78, 5) is 24.6. The van der Waals surface area contributed by atoms with Crippen LogP contribution in [0.1, 0.15) is 22.3 Å². The molecular weight excluding hydrogens is 488 g/mol. The molecule has 0 spiro atoms. The molecule has 0 radical (unpaired) electrons. The van der Waals surface area contributed by atoms with Gasteiger partial charge in [-0.25, -0.2) is 8.42 Å². The quantitative estimate of drug-likeness (QED) is 0.272. The van der Waals surface area contributed by atoms with Gasteiger partial charge in [0.1, 0.15) is 0 Å². The number of anilines is 1. The monoisotopic (exact) mass is 510 g/mol. The lowest BCUT2D eigenvalue weighted by Gasteiger charge is -2.20. The first-order chi connectivity index (χ1) is 16.6. The van der Waals surface area contributed by atoms with E-state index in [0.29, 0.717) is 21.1 Å². The number of nitrogens with zero attached hydrogens (tertiary/aromatic N) is 1. The Morgan fingerprint density at radius 1 is 1.09 bits per heavy atom. The van der Waals surface area contributed by atoms with E-state index in [9.17, 15) is 23.3 Å². The second kappa shape index (κ2) is 9.55. The molecule has 0 aliphatic carbocycles. The van der Waals surface area contributed by atoms with Crippen LogP contribution in [0.3, 0.4) is 0 Å². The Kier molecular flexibility index (Phi) is 6.68. The molecule has 10 heteroatoms. The van der Waals surface area contributed by atoms with Gasteiger partial charge in [-0.15, -0.1) is 0 Å². The van der Waals surface area contributed by atoms with Crippen LogP contribution in [0.15, 0.2) is 69.3 Å². The molecule has 1 heterocycles. The lowest BCUT2D eigenvalue weighted by atomic mass is 10.1. The highest BCUT2D eigenvalue weighted by Crippen LogP contribution is 2.41. The molecule has 1 aliphatic rings. The molecule has 0 bridgehead atoms. The molecule has 180 valence electrons. The number of nitro benzene ring substituents is 1. The second-order valence-electron chi connectivity index (χ2n) is 8.04. The van der Waals surface area contributed by atoms with Gasteiger partial charge in [-0.2, -0.15) is 0 Å². The van der Waals surface area contributed by atoms with Gasteiger partial charge in [-0.3, -0.25) is 14.9 Å². The summed E-state index contributed by atoms with van der Waals surface area (Å²) in [5.41, 5.74) is 3.24. The van der Waals surface area contributed by atoms with Gasteiger partial charge in [0.2, 0.25) is 0 Å². The van der Waals surface area contributed by atoms with Crippen LogP contribution in [-0.2, 0) is 20.4 Å². The number of fused-ring (bicyclic) bond motifs is 1. The number of carbonyl (C=O) groups is 1. The predicted octanol–water partition coefficient (Wildman–Crippen LogP) is 5.28. The number of ether oxygens (including phenoxy) is 1. The molecular formula is C25H22N2O6S2. The highest BCUT2D eigenvalue weighted by Gasteiger charge is 2.25. The van der Waals surface area contributed by atoms with Crippen molar-refractivity contribution in [2.75, 3.05) is 12.4 Å². The maximum Gasteiger partial charge on any atom is 0.311 e. The van der Waals surface area contributed by atoms with Crippen LogP contribution in [0, 0.1) is 24.0 Å². The number of carbonyl (C=O) groups excluding carboxylic acids is 1. The maximum atomic E-state index is 13.1. The van der Waals surface area contributed by atoms with Crippen molar-refractivity contribution in [2.24, 2.45) is 0 Å². The fourth-order valence-electron chi connectivity index (χ4n) is 3.77. The van der Waals surface area contributed by atoms with Crippen LogP contribution in [0.4, 0.5) is 11.4 Å². The standard InChI is InChI=1S/C25H22N2O6S2/c1-15-5-4-6-16(2)19(15)14-35(31,32)18-8-10-23-20(13-18)26-25(28)24(34-23)12-17-7-9-22(33-3)21(11-17)27(29)30/h4-13H,14H2,1-3H3,(H,26,28). The van der Waals surface area contributed by atoms with Crippen LogP contribution in [0.25, 0.3) is 6.08 Å². The summed E-state index contributed by atoms with van der Waals surface area (Å²) >= 11 is 1.17. The van der Waals surface area contributed by atoms with Crippen molar-refractivity contribution < 1.29 is 22.9 Å². The van der Waals surface area contributed by atoms with E-state index in [1.165, 1.54) is 43.1 Å². The van der Waals surface area contributed by atoms with Crippen LogP contribution in [-0.4, -0.2) is 26.4 Å². The van der Waals surface area contributed by atoms with E-state index in [1.807, 2.05) is 32.0 Å². The summed E-state index contributed by atoms with van der Waals surface area (Å²) in [5, 5.41) is 14.0. The molecule has 35 heavy (non-hydrogen) atoms. The average molecular weight is 511 g/mol. The van der Waals surface area contributed by atoms with Crippen LogP contribution < -0.4 is 10.1 Å². The summed E-state index contributed by atoms with van der Waals surface area (Å²) in [5.74, 6) is -0.435. The topological polar surface area (TPSA) is 116 Å². The summed E-state index contributed by atoms with van der Waals surface area (Å²) in [6, 6.07) is 14.7. The van der Waals surface area contributed by atoms with Crippen molar-refractivity contribution in [2.45, 2.75) is 29.4 Å². The highest BCUT2D eigenvalue weighted by atomic mass is 32.2. The molecule has 0 atom stereocenters. The molecule has 0 aromatic heterocycles. The minimum atomic E-state index is -3.64. The van der Waals surface area contributed by atoms with Gasteiger partial charge in [0.05, 0.1) is 33.3 Å². The molecule has 3 aromatic rings. The Balaban J connectivity index is 1.62. The highest BCUT2D eigenvalue weighted by molar-refractivity contribution is 8.04. The van der Waals surface area contributed by atoms with Crippen LogP contribution >= 0.6 is 11.8 Å². The fourth-order valence-corrected chi connectivity index (χ4v) is 6.28. The number of hydrogen-bond acceptors (Lipinski definition) is 7. The van der Waals surface area contributed by atoms with Crippen molar-refractivity contribution in [1.82, 2.24) is 0 Å². The molecule has 0 saturated carbocycles. The molecule has 1 amide bonds. The maximum absolute atomic E-state index is 13.1. The van der Waals surface area contributed by atoms with Gasteiger partial charge in [0, 0.05) is 11.0 Å². The minimum absolute atomic E-state index is 0.123. The van der Waals surface area contributed by atoms with Gasteiger partial charge in [-0.05, 0) is 66.4 Å². The zero-order valence-electron chi connectivity index (χ0n) is 19.2. The lowest BCUT2D eigenvalue weighted by molar-refractivity contribution is -0.385. The SMILES string of the molecule is COc1ccc(C=C2Sc3ccc(S(=O)(=O)Cc4c(C)cccc4C)cc3NC2=O)cc1[N+](=O)[O-]. The number of methoxy groups -OCH3 is 1. The number of nitro groups is 1. The number of benzene rings is 3. The largest absolute Gasteiger partial charge is 0.490 e. The van der Waals surface area contributed by atoms with Crippen molar-refractivity contribution in [3.63, 3.8) is 0 Å². The number of sulfone groups is 1. The fraction of sp³-hybridized carbons (Fsp3) is 0.160. The Morgan fingerprint density at radius 2 is 1.80 bits per heavy atom. The summed E-state index contributed by atoms with van der Waals surface area (Å²) in [6.45, 7) is 3.76. The number of rotatable bonds is 6. The second-order valence-corrected chi connectivity index (χ2v) is 11.1. The molecule has 1 N–H and O–H groups in total. The van der Waals surface area contributed by atoms with Crippen molar-refractivity contribution in [3.8, 4) is 5.75 Å².